The molecule has 3 rings (SSSR count). The molecule has 2 aliphatic carbocycles. The minimum absolute atomic E-state index is 0.0257. The normalized spacial score (nSPS) is 19.0. The Kier molecular flexibility index (Phi) is 4.84. The van der Waals surface area contributed by atoms with Crippen LogP contribution in [0.1, 0.15) is 72.1 Å². The first-order valence-electron chi connectivity index (χ1n) is 8.38. The van der Waals surface area contributed by atoms with Crippen molar-refractivity contribution in [3.63, 3.8) is 0 Å². The Balaban J connectivity index is 1.69. The van der Waals surface area contributed by atoms with Crippen LogP contribution in [0, 0.1) is 0 Å². The lowest BCUT2D eigenvalue weighted by Crippen LogP contribution is -2.17. The van der Waals surface area contributed by atoms with Crippen molar-refractivity contribution < 1.29 is 24.2 Å². The van der Waals surface area contributed by atoms with Gasteiger partial charge in [0.25, 0.3) is 0 Å². The fourth-order valence-corrected chi connectivity index (χ4v) is 3.27. The Hall–Kier alpha value is -2.04. The molecule has 1 aromatic rings. The van der Waals surface area contributed by atoms with E-state index in [2.05, 4.69) is 0 Å². The third-order valence-electron chi connectivity index (χ3n) is 4.60. The summed E-state index contributed by atoms with van der Waals surface area (Å²) in [4.78, 5) is 24.4. The van der Waals surface area contributed by atoms with E-state index in [-0.39, 0.29) is 29.1 Å². The van der Waals surface area contributed by atoms with Gasteiger partial charge in [-0.25, -0.2) is 9.59 Å². The second-order valence-electron chi connectivity index (χ2n) is 6.36. The van der Waals surface area contributed by atoms with Crippen LogP contribution in [0.3, 0.4) is 0 Å². The maximum Gasteiger partial charge on any atom is 0.342 e. The number of phenolic OH excluding ortho intramolecular Hbond substituents is 1. The van der Waals surface area contributed by atoms with Gasteiger partial charge in [-0.05, 0) is 69.6 Å². The molecule has 0 unspecified atom stereocenters. The predicted octanol–water partition coefficient (Wildman–Crippen LogP) is 3.59. The number of benzene rings is 1. The van der Waals surface area contributed by atoms with Crippen LogP contribution in [0.15, 0.2) is 18.2 Å². The molecule has 0 heterocycles. The van der Waals surface area contributed by atoms with Crippen LogP contribution in [0.2, 0.25) is 0 Å². The highest BCUT2D eigenvalue weighted by atomic mass is 16.5. The van der Waals surface area contributed by atoms with E-state index >= 15 is 0 Å². The van der Waals surface area contributed by atoms with Gasteiger partial charge in [-0.2, -0.15) is 0 Å². The van der Waals surface area contributed by atoms with Gasteiger partial charge in [0.15, 0.2) is 0 Å². The Bertz CT molecular complexity index is 583. The third kappa shape index (κ3) is 3.84. The molecule has 0 atom stereocenters. The van der Waals surface area contributed by atoms with E-state index in [1.807, 2.05) is 0 Å². The molecule has 0 radical (unpaired) electrons. The van der Waals surface area contributed by atoms with E-state index in [0.29, 0.717) is 0 Å². The zero-order valence-electron chi connectivity index (χ0n) is 13.1. The number of rotatable bonds is 4. The monoisotopic (exact) mass is 318 g/mol. The largest absolute Gasteiger partial charge is 0.507 e. The number of ether oxygens (including phenoxy) is 2. The summed E-state index contributed by atoms with van der Waals surface area (Å²) in [6.45, 7) is 0. The minimum Gasteiger partial charge on any atom is -0.507 e. The van der Waals surface area contributed by atoms with E-state index in [4.69, 9.17) is 9.47 Å². The number of aromatic hydroxyl groups is 1. The molecular weight excluding hydrogens is 296 g/mol. The van der Waals surface area contributed by atoms with Crippen molar-refractivity contribution >= 4 is 11.9 Å². The first-order valence-corrected chi connectivity index (χ1v) is 8.38. The van der Waals surface area contributed by atoms with Gasteiger partial charge in [0.05, 0.1) is 5.56 Å². The molecule has 2 saturated carbocycles. The van der Waals surface area contributed by atoms with Crippen LogP contribution in [-0.2, 0) is 9.47 Å². The van der Waals surface area contributed by atoms with Crippen molar-refractivity contribution in [2.24, 2.45) is 0 Å². The highest BCUT2D eigenvalue weighted by Crippen LogP contribution is 2.26. The third-order valence-corrected chi connectivity index (χ3v) is 4.60. The molecule has 0 bridgehead atoms. The average molecular weight is 318 g/mol. The van der Waals surface area contributed by atoms with Gasteiger partial charge in [-0.1, -0.05) is 0 Å². The Morgan fingerprint density at radius 3 is 1.96 bits per heavy atom. The summed E-state index contributed by atoms with van der Waals surface area (Å²) in [5, 5.41) is 9.89. The lowest BCUT2D eigenvalue weighted by molar-refractivity contribution is 0.0314. The van der Waals surface area contributed by atoms with Crippen molar-refractivity contribution in [3.05, 3.63) is 29.3 Å². The minimum atomic E-state index is -0.579. The quantitative estimate of drug-likeness (QED) is 0.859. The van der Waals surface area contributed by atoms with E-state index in [9.17, 15) is 14.7 Å². The lowest BCUT2D eigenvalue weighted by atomic mass is 10.1. The van der Waals surface area contributed by atoms with Crippen LogP contribution in [0.25, 0.3) is 0 Å². The molecule has 0 amide bonds. The van der Waals surface area contributed by atoms with Crippen molar-refractivity contribution in [2.75, 3.05) is 0 Å². The van der Waals surface area contributed by atoms with Gasteiger partial charge in [0.2, 0.25) is 0 Å². The predicted molar refractivity (Wildman–Crippen MR) is 83.4 cm³/mol. The van der Waals surface area contributed by atoms with Gasteiger partial charge < -0.3 is 14.6 Å². The number of esters is 2. The molecule has 2 aliphatic rings. The topological polar surface area (TPSA) is 72.8 Å². The Morgan fingerprint density at radius 2 is 1.39 bits per heavy atom. The highest BCUT2D eigenvalue weighted by molar-refractivity contribution is 5.97. The van der Waals surface area contributed by atoms with Gasteiger partial charge >= 0.3 is 11.9 Å². The van der Waals surface area contributed by atoms with E-state index in [0.717, 1.165) is 51.4 Å². The van der Waals surface area contributed by atoms with Crippen LogP contribution < -0.4 is 0 Å². The Labute approximate surface area is 135 Å². The van der Waals surface area contributed by atoms with Crippen molar-refractivity contribution in [1.29, 1.82) is 0 Å². The van der Waals surface area contributed by atoms with Crippen LogP contribution in [0.5, 0.6) is 5.75 Å². The van der Waals surface area contributed by atoms with Gasteiger partial charge in [0.1, 0.15) is 23.5 Å². The first kappa shape index (κ1) is 15.8. The lowest BCUT2D eigenvalue weighted by Gasteiger charge is -2.14. The van der Waals surface area contributed by atoms with Crippen LogP contribution >= 0.6 is 0 Å². The SMILES string of the molecule is O=C(OC1CCCC1)c1ccc(O)c(C(=O)OC2CCCC2)c1. The molecule has 0 aromatic heterocycles. The summed E-state index contributed by atoms with van der Waals surface area (Å²) in [5.74, 6) is -1.21. The Morgan fingerprint density at radius 1 is 0.870 bits per heavy atom. The molecule has 23 heavy (non-hydrogen) atoms. The van der Waals surface area contributed by atoms with Gasteiger partial charge in [0, 0.05) is 0 Å². The highest BCUT2D eigenvalue weighted by Gasteiger charge is 2.24. The standard InChI is InChI=1S/C18H22O5/c19-16-10-9-12(17(20)22-13-5-1-2-6-13)11-15(16)18(21)23-14-7-3-4-8-14/h9-11,13-14,19H,1-8H2. The van der Waals surface area contributed by atoms with Gasteiger partial charge in [-0.3, -0.25) is 0 Å². The number of hydrogen-bond acceptors (Lipinski definition) is 5. The number of hydrogen-bond donors (Lipinski definition) is 1. The van der Waals surface area contributed by atoms with E-state index < -0.39 is 11.9 Å². The van der Waals surface area contributed by atoms with Gasteiger partial charge in [-0.15, -0.1) is 0 Å². The zero-order chi connectivity index (χ0) is 16.2. The molecule has 124 valence electrons. The molecular formula is C18H22O5. The van der Waals surface area contributed by atoms with Crippen molar-refractivity contribution in [1.82, 2.24) is 0 Å². The van der Waals surface area contributed by atoms with Crippen LogP contribution in [-0.4, -0.2) is 29.3 Å². The number of phenols is 1. The number of carbonyl (C=O) groups excluding carboxylic acids is 2. The summed E-state index contributed by atoms with van der Waals surface area (Å²) in [6.07, 6.45) is 7.63. The maximum atomic E-state index is 12.2. The zero-order valence-corrected chi connectivity index (χ0v) is 13.1. The summed E-state index contributed by atoms with van der Waals surface area (Å²) in [6, 6.07) is 4.18. The fourth-order valence-electron chi connectivity index (χ4n) is 3.27. The second-order valence-corrected chi connectivity index (χ2v) is 6.36. The molecule has 0 aliphatic heterocycles. The molecule has 1 aromatic carbocycles. The molecule has 1 N–H and O–H groups in total. The van der Waals surface area contributed by atoms with Crippen LogP contribution in [0.4, 0.5) is 0 Å². The maximum absolute atomic E-state index is 12.2. The van der Waals surface area contributed by atoms with Crippen molar-refractivity contribution in [2.45, 2.75) is 63.6 Å². The fraction of sp³-hybridized carbons (Fsp3) is 0.556. The molecule has 0 spiro atoms. The molecule has 5 nitrogen and oxygen atoms in total. The average Bonchev–Trinajstić information content (AvgIpc) is 3.21. The number of carbonyl (C=O) groups is 2. The molecule has 5 heteroatoms. The summed E-state index contributed by atoms with van der Waals surface area (Å²) < 4.78 is 10.8. The summed E-state index contributed by atoms with van der Waals surface area (Å²) >= 11 is 0. The van der Waals surface area contributed by atoms with Crippen molar-refractivity contribution in [3.8, 4) is 5.75 Å². The summed E-state index contributed by atoms with van der Waals surface area (Å²) in [5.41, 5.74) is 0.297. The molecule has 0 saturated heterocycles. The van der Waals surface area contributed by atoms with E-state index in [1.165, 1.54) is 18.2 Å². The molecule has 2 fully saturated rings. The first-order chi connectivity index (χ1) is 11.1. The summed E-state index contributed by atoms with van der Waals surface area (Å²) in [7, 11) is 0. The second kappa shape index (κ2) is 7.02. The smallest absolute Gasteiger partial charge is 0.342 e. The van der Waals surface area contributed by atoms with E-state index in [1.54, 1.807) is 0 Å².